The molecule has 0 unspecified atom stereocenters. The molecule has 0 atom stereocenters. The van der Waals surface area contributed by atoms with Crippen LogP contribution >= 0.6 is 0 Å². The molecule has 0 saturated heterocycles. The zero-order chi connectivity index (χ0) is 21.5. The van der Waals surface area contributed by atoms with Gasteiger partial charge < -0.3 is 9.52 Å². The number of aryl methyl sites for hydroxylation is 1. The minimum Gasteiger partial charge on any atom is -0.441 e. The molecule has 0 bridgehead atoms. The molecule has 0 saturated carbocycles. The second-order valence-electron chi connectivity index (χ2n) is 7.66. The summed E-state index contributed by atoms with van der Waals surface area (Å²) in [5, 5.41) is 9.55. The average Bonchev–Trinajstić information content (AvgIpc) is 3.19. The van der Waals surface area contributed by atoms with Gasteiger partial charge in [-0.3, -0.25) is 4.90 Å². The van der Waals surface area contributed by atoms with Gasteiger partial charge in [0.25, 0.3) is 0 Å². The summed E-state index contributed by atoms with van der Waals surface area (Å²) in [4.78, 5) is 7.20. The van der Waals surface area contributed by atoms with E-state index in [1.165, 1.54) is 11.1 Å². The summed E-state index contributed by atoms with van der Waals surface area (Å²) in [5.41, 5.74) is 4.34. The number of nitrogens with zero attached hydrogens (tertiary/aromatic N) is 2. The number of rotatable bonds is 9. The second kappa shape index (κ2) is 10.2. The summed E-state index contributed by atoms with van der Waals surface area (Å²) in [6.07, 6.45) is 0.693. The maximum Gasteiger partial charge on any atom is 0.226 e. The first-order chi connectivity index (χ1) is 15.3. The van der Waals surface area contributed by atoms with Gasteiger partial charge in [-0.2, -0.15) is 0 Å². The minimum atomic E-state index is 0.0604. The van der Waals surface area contributed by atoms with Crippen molar-refractivity contribution in [3.63, 3.8) is 0 Å². The van der Waals surface area contributed by atoms with E-state index >= 15 is 0 Å². The van der Waals surface area contributed by atoms with E-state index in [1.54, 1.807) is 0 Å². The summed E-state index contributed by atoms with van der Waals surface area (Å²) in [5.74, 6) is 1.47. The zero-order valence-corrected chi connectivity index (χ0v) is 17.8. The average molecular weight is 413 g/mol. The summed E-state index contributed by atoms with van der Waals surface area (Å²) < 4.78 is 6.01. The number of aliphatic hydroxyl groups is 1. The lowest BCUT2D eigenvalue weighted by molar-refractivity contribution is 0.184. The van der Waals surface area contributed by atoms with E-state index in [4.69, 9.17) is 9.40 Å². The van der Waals surface area contributed by atoms with Crippen LogP contribution in [-0.2, 0) is 6.54 Å². The highest BCUT2D eigenvalue weighted by molar-refractivity contribution is 5.53. The summed E-state index contributed by atoms with van der Waals surface area (Å²) >= 11 is 0. The van der Waals surface area contributed by atoms with Crippen LogP contribution in [0.5, 0.6) is 0 Å². The van der Waals surface area contributed by atoms with Crippen LogP contribution in [0.25, 0.3) is 11.5 Å². The lowest BCUT2D eigenvalue weighted by Crippen LogP contribution is -2.31. The molecule has 0 aliphatic heterocycles. The number of hydrogen-bond acceptors (Lipinski definition) is 4. The maximum atomic E-state index is 9.55. The smallest absolute Gasteiger partial charge is 0.226 e. The van der Waals surface area contributed by atoms with E-state index in [0.717, 1.165) is 23.6 Å². The molecule has 0 radical (unpaired) electrons. The van der Waals surface area contributed by atoms with Crippen LogP contribution in [0.1, 0.15) is 35.0 Å². The summed E-state index contributed by atoms with van der Waals surface area (Å²) in [6, 6.07) is 31.1. The molecule has 4 rings (SSSR count). The molecule has 0 aliphatic rings. The Hall–Kier alpha value is -3.21. The molecule has 4 heteroatoms. The van der Waals surface area contributed by atoms with Gasteiger partial charge in [-0.1, -0.05) is 78.9 Å². The Morgan fingerprint density at radius 2 is 1.39 bits per heavy atom. The van der Waals surface area contributed by atoms with Gasteiger partial charge in [-0.15, -0.1) is 0 Å². The third-order valence-corrected chi connectivity index (χ3v) is 5.47. The van der Waals surface area contributed by atoms with Crippen LogP contribution in [0, 0.1) is 6.92 Å². The first-order valence-corrected chi connectivity index (χ1v) is 10.7. The van der Waals surface area contributed by atoms with Crippen molar-refractivity contribution in [1.82, 2.24) is 9.88 Å². The van der Waals surface area contributed by atoms with Crippen LogP contribution < -0.4 is 0 Å². The van der Waals surface area contributed by atoms with Gasteiger partial charge >= 0.3 is 0 Å². The van der Waals surface area contributed by atoms with Crippen LogP contribution in [0.3, 0.4) is 0 Å². The van der Waals surface area contributed by atoms with Crippen LogP contribution in [0.15, 0.2) is 95.4 Å². The van der Waals surface area contributed by atoms with Crippen LogP contribution in [0.4, 0.5) is 0 Å². The molecular formula is C27H28N2O2. The Labute approximate surface area is 183 Å². The Balaban J connectivity index is 1.70. The van der Waals surface area contributed by atoms with E-state index in [9.17, 15) is 5.11 Å². The van der Waals surface area contributed by atoms with Gasteiger partial charge in [-0.05, 0) is 36.6 Å². The van der Waals surface area contributed by atoms with Gasteiger partial charge in [0.15, 0.2) is 0 Å². The minimum absolute atomic E-state index is 0.0604. The molecule has 158 valence electrons. The topological polar surface area (TPSA) is 49.5 Å². The first kappa shape index (κ1) is 21.0. The molecule has 1 heterocycles. The molecule has 0 spiro atoms. The standard InChI is InChI=1S/C27H28N2O2/c1-21-25(28-27(31-21)24-16-9-4-10-17-24)20-29(18-11-19-30)26(22-12-5-2-6-13-22)23-14-7-3-8-15-23/h2-10,12-17,26,30H,11,18-20H2,1H3. The fraction of sp³-hybridized carbons (Fsp3) is 0.222. The Bertz CT molecular complexity index is 1020. The van der Waals surface area contributed by atoms with Crippen molar-refractivity contribution in [3.05, 3.63) is 114 Å². The van der Waals surface area contributed by atoms with Crippen molar-refractivity contribution in [2.45, 2.75) is 25.9 Å². The fourth-order valence-corrected chi connectivity index (χ4v) is 3.93. The van der Waals surface area contributed by atoms with E-state index < -0.39 is 0 Å². The van der Waals surface area contributed by atoms with Crippen LogP contribution in [0.2, 0.25) is 0 Å². The number of aliphatic hydroxyl groups excluding tert-OH is 1. The third-order valence-electron chi connectivity index (χ3n) is 5.47. The molecule has 0 amide bonds. The van der Waals surface area contributed by atoms with Gasteiger partial charge in [0, 0.05) is 25.3 Å². The first-order valence-electron chi connectivity index (χ1n) is 10.7. The number of benzene rings is 3. The van der Waals surface area contributed by atoms with E-state index in [0.29, 0.717) is 18.9 Å². The Morgan fingerprint density at radius 1 is 0.839 bits per heavy atom. The largest absolute Gasteiger partial charge is 0.441 e. The quantitative estimate of drug-likeness (QED) is 0.387. The van der Waals surface area contributed by atoms with E-state index in [2.05, 4.69) is 53.4 Å². The lowest BCUT2D eigenvalue weighted by Gasteiger charge is -2.32. The lowest BCUT2D eigenvalue weighted by atomic mass is 9.96. The van der Waals surface area contributed by atoms with Crippen molar-refractivity contribution >= 4 is 0 Å². The fourth-order valence-electron chi connectivity index (χ4n) is 3.93. The van der Waals surface area contributed by atoms with Gasteiger partial charge in [0.05, 0.1) is 11.7 Å². The van der Waals surface area contributed by atoms with Crippen molar-refractivity contribution < 1.29 is 9.52 Å². The van der Waals surface area contributed by atoms with E-state index in [1.807, 2.05) is 49.4 Å². The number of hydrogen-bond donors (Lipinski definition) is 1. The molecular weight excluding hydrogens is 384 g/mol. The normalized spacial score (nSPS) is 11.4. The van der Waals surface area contributed by atoms with Gasteiger partial charge in [0.1, 0.15) is 5.76 Å². The van der Waals surface area contributed by atoms with Crippen molar-refractivity contribution in [2.75, 3.05) is 13.2 Å². The highest BCUT2D eigenvalue weighted by Gasteiger charge is 2.24. The summed E-state index contributed by atoms with van der Waals surface area (Å²) in [7, 11) is 0. The molecule has 0 fully saturated rings. The van der Waals surface area contributed by atoms with Crippen molar-refractivity contribution in [2.24, 2.45) is 0 Å². The predicted octanol–water partition coefficient (Wildman–Crippen LogP) is 5.62. The molecule has 0 aliphatic carbocycles. The van der Waals surface area contributed by atoms with Gasteiger partial charge in [-0.25, -0.2) is 4.98 Å². The maximum absolute atomic E-state index is 9.55. The predicted molar refractivity (Wildman–Crippen MR) is 124 cm³/mol. The Morgan fingerprint density at radius 3 is 1.94 bits per heavy atom. The molecule has 31 heavy (non-hydrogen) atoms. The monoisotopic (exact) mass is 412 g/mol. The third kappa shape index (κ3) is 5.10. The molecule has 1 N–H and O–H groups in total. The Kier molecular flexibility index (Phi) is 6.92. The summed E-state index contributed by atoms with van der Waals surface area (Å²) in [6.45, 7) is 3.51. The van der Waals surface area contributed by atoms with Crippen molar-refractivity contribution in [3.8, 4) is 11.5 Å². The second-order valence-corrected chi connectivity index (χ2v) is 7.66. The van der Waals surface area contributed by atoms with Crippen molar-refractivity contribution in [1.29, 1.82) is 0 Å². The highest BCUT2D eigenvalue weighted by atomic mass is 16.4. The number of oxazole rings is 1. The zero-order valence-electron chi connectivity index (χ0n) is 17.8. The molecule has 3 aromatic carbocycles. The SMILES string of the molecule is Cc1oc(-c2ccccc2)nc1CN(CCCO)C(c1ccccc1)c1ccccc1. The highest BCUT2D eigenvalue weighted by Crippen LogP contribution is 2.31. The van der Waals surface area contributed by atoms with Gasteiger partial charge in [0.2, 0.25) is 5.89 Å². The molecule has 4 aromatic rings. The number of aromatic nitrogens is 1. The van der Waals surface area contributed by atoms with Crippen LogP contribution in [-0.4, -0.2) is 28.1 Å². The van der Waals surface area contributed by atoms with E-state index in [-0.39, 0.29) is 12.6 Å². The molecule has 1 aromatic heterocycles. The molecule has 4 nitrogen and oxygen atoms in total.